The van der Waals surface area contributed by atoms with Gasteiger partial charge < -0.3 is 15.0 Å². The second-order valence-corrected chi connectivity index (χ2v) is 16.6. The average molecular weight is 791 g/mol. The molecule has 1 atom stereocenters. The summed E-state index contributed by atoms with van der Waals surface area (Å²) in [6, 6.07) is 11.5. The molecule has 2 fully saturated rings. The minimum Gasteiger partial charge on any atom is -0.490 e. The zero-order valence-corrected chi connectivity index (χ0v) is 31.6. The van der Waals surface area contributed by atoms with Crippen molar-refractivity contribution in [3.05, 3.63) is 89.0 Å². The Balaban J connectivity index is 1.61. The summed E-state index contributed by atoms with van der Waals surface area (Å²) in [6.07, 6.45) is -6.42. The van der Waals surface area contributed by atoms with Gasteiger partial charge in [-0.2, -0.15) is 26.3 Å². The number of nitrogens with zero attached hydrogens (tertiary/aromatic N) is 3. The van der Waals surface area contributed by atoms with Crippen molar-refractivity contribution in [1.82, 2.24) is 20.1 Å². The van der Waals surface area contributed by atoms with Crippen molar-refractivity contribution < 1.29 is 44.3 Å². The third-order valence-corrected chi connectivity index (χ3v) is 12.0. The SMILES string of the molecule is CCS(=O)(=O)c1cc2c(C(=O)NC(c3ccccc3)C(F)(F)F)c(CN3CCC(N4CCCC4)CC3)c(-c3cccc(C(F)(F)F)c3)nc2cc1OC(C)C. The highest BCUT2D eigenvalue weighted by Crippen LogP contribution is 2.40. The molecule has 1 aromatic heterocycles. The van der Waals surface area contributed by atoms with Crippen LogP contribution in [0, 0.1) is 0 Å². The molecule has 2 aliphatic heterocycles. The maximum atomic E-state index is 14.7. The van der Waals surface area contributed by atoms with Crippen molar-refractivity contribution >= 4 is 26.6 Å². The summed E-state index contributed by atoms with van der Waals surface area (Å²) in [5.41, 5.74) is -1.56. The van der Waals surface area contributed by atoms with Crippen LogP contribution in [0.25, 0.3) is 22.2 Å². The fourth-order valence-corrected chi connectivity index (χ4v) is 8.55. The molecule has 0 spiro atoms. The molecule has 8 nitrogen and oxygen atoms in total. The number of carbonyl (C=O) groups is 1. The summed E-state index contributed by atoms with van der Waals surface area (Å²) >= 11 is 0. The number of pyridine rings is 1. The van der Waals surface area contributed by atoms with Crippen molar-refractivity contribution in [2.45, 2.75) is 88.4 Å². The molecule has 0 saturated carbocycles. The molecule has 0 aliphatic carbocycles. The number of ether oxygens (including phenoxy) is 1. The Kier molecular flexibility index (Phi) is 11.8. The van der Waals surface area contributed by atoms with E-state index in [2.05, 4.69) is 10.2 Å². The lowest BCUT2D eigenvalue weighted by molar-refractivity contribution is -0.155. The summed E-state index contributed by atoms with van der Waals surface area (Å²) < 4.78 is 119. The number of benzene rings is 3. The molecule has 55 heavy (non-hydrogen) atoms. The van der Waals surface area contributed by atoms with Crippen LogP contribution in [0.4, 0.5) is 26.3 Å². The average Bonchev–Trinajstić information content (AvgIpc) is 3.68. The third kappa shape index (κ3) is 9.10. The minimum absolute atomic E-state index is 0.0141. The van der Waals surface area contributed by atoms with Crippen LogP contribution in [-0.4, -0.2) is 79.4 Å². The van der Waals surface area contributed by atoms with Crippen LogP contribution < -0.4 is 10.1 Å². The lowest BCUT2D eigenvalue weighted by Gasteiger charge is -2.37. The fraction of sp³-hybridized carbons (Fsp3) is 0.450. The zero-order valence-electron chi connectivity index (χ0n) is 30.8. The molecule has 1 N–H and O–H groups in total. The second-order valence-electron chi connectivity index (χ2n) is 14.4. The molecule has 1 unspecified atom stereocenters. The molecule has 2 aliphatic rings. The summed E-state index contributed by atoms with van der Waals surface area (Å²) in [5, 5.41) is 2.08. The number of nitrogens with one attached hydrogen (secondary N) is 1. The number of likely N-dealkylation sites (tertiary alicyclic amines) is 2. The first-order valence-corrected chi connectivity index (χ1v) is 20.1. The molecule has 1 amide bonds. The van der Waals surface area contributed by atoms with Gasteiger partial charge in [-0.1, -0.05) is 49.4 Å². The van der Waals surface area contributed by atoms with E-state index in [1.165, 1.54) is 61.5 Å². The van der Waals surface area contributed by atoms with E-state index in [0.717, 1.165) is 50.9 Å². The molecule has 0 bridgehead atoms. The highest BCUT2D eigenvalue weighted by molar-refractivity contribution is 7.91. The van der Waals surface area contributed by atoms with Crippen molar-refractivity contribution in [2.75, 3.05) is 31.9 Å². The molecule has 3 aromatic carbocycles. The monoisotopic (exact) mass is 790 g/mol. The predicted molar refractivity (Wildman–Crippen MR) is 197 cm³/mol. The second kappa shape index (κ2) is 16.1. The van der Waals surface area contributed by atoms with E-state index >= 15 is 0 Å². The number of rotatable bonds is 11. The molecular formula is C40H44F6N4O4S. The normalized spacial score (nSPS) is 17.2. The van der Waals surface area contributed by atoms with Gasteiger partial charge in [-0.15, -0.1) is 0 Å². The van der Waals surface area contributed by atoms with Gasteiger partial charge >= 0.3 is 12.4 Å². The molecule has 4 aromatic rings. The van der Waals surface area contributed by atoms with Crippen molar-refractivity contribution in [3.8, 4) is 17.0 Å². The van der Waals surface area contributed by atoms with Gasteiger partial charge in [0.1, 0.15) is 10.6 Å². The van der Waals surface area contributed by atoms with Gasteiger partial charge in [0.15, 0.2) is 15.9 Å². The van der Waals surface area contributed by atoms with E-state index in [1.54, 1.807) is 13.8 Å². The number of carbonyl (C=O) groups excluding carboxylic acids is 1. The Morgan fingerprint density at radius 1 is 0.927 bits per heavy atom. The number of alkyl halides is 6. The van der Waals surface area contributed by atoms with Gasteiger partial charge in [0, 0.05) is 35.2 Å². The van der Waals surface area contributed by atoms with Crippen LogP contribution in [0.5, 0.6) is 5.75 Å². The van der Waals surface area contributed by atoms with Crippen LogP contribution in [0.15, 0.2) is 71.6 Å². The molecule has 3 heterocycles. The standard InChI is InChI=1S/C40H44F6N4O4S/c1-4-55(52,53)34-22-30-32(23-33(34)54-25(2)3)47-36(27-13-10-14-28(21-27)39(41,42)43)31(24-49-19-15-29(16-20-49)50-17-8-9-18-50)35(30)38(51)48-37(40(44,45)46)26-11-6-5-7-12-26/h5-7,10-14,21-23,25,29,37H,4,8-9,15-20,24H2,1-3H3,(H,48,51). The van der Waals surface area contributed by atoms with E-state index < -0.39 is 45.8 Å². The van der Waals surface area contributed by atoms with Crippen LogP contribution >= 0.6 is 0 Å². The summed E-state index contributed by atoms with van der Waals surface area (Å²) in [7, 11) is -4.04. The maximum Gasteiger partial charge on any atom is 0.416 e. The Bertz CT molecular complexity index is 2110. The number of halogens is 6. The van der Waals surface area contributed by atoms with Crippen LogP contribution in [0.3, 0.4) is 0 Å². The highest BCUT2D eigenvalue weighted by Gasteiger charge is 2.43. The van der Waals surface area contributed by atoms with E-state index in [0.29, 0.717) is 19.1 Å². The van der Waals surface area contributed by atoms with Gasteiger partial charge in [-0.3, -0.25) is 9.69 Å². The summed E-state index contributed by atoms with van der Waals surface area (Å²) in [4.78, 5) is 23.6. The Morgan fingerprint density at radius 2 is 1.60 bits per heavy atom. The van der Waals surface area contributed by atoms with E-state index in [4.69, 9.17) is 9.72 Å². The van der Waals surface area contributed by atoms with Crippen molar-refractivity contribution in [2.24, 2.45) is 0 Å². The Hall–Kier alpha value is -4.21. The predicted octanol–water partition coefficient (Wildman–Crippen LogP) is 8.60. The van der Waals surface area contributed by atoms with Crippen LogP contribution in [0.1, 0.15) is 79.5 Å². The molecule has 2 saturated heterocycles. The first-order chi connectivity index (χ1) is 26.0. The van der Waals surface area contributed by atoms with Crippen LogP contribution in [-0.2, 0) is 22.6 Å². The first kappa shape index (κ1) is 40.5. The topological polar surface area (TPSA) is 91.8 Å². The highest BCUT2D eigenvalue weighted by atomic mass is 32.2. The van der Waals surface area contributed by atoms with E-state index in [1.807, 2.05) is 4.90 Å². The maximum absolute atomic E-state index is 14.7. The number of hydrogen-bond acceptors (Lipinski definition) is 7. The molecule has 0 radical (unpaired) electrons. The Labute approximate surface area is 316 Å². The fourth-order valence-electron chi connectivity index (χ4n) is 7.53. The van der Waals surface area contributed by atoms with Crippen molar-refractivity contribution in [1.29, 1.82) is 0 Å². The zero-order chi connectivity index (χ0) is 39.7. The van der Waals surface area contributed by atoms with Crippen LogP contribution in [0.2, 0.25) is 0 Å². The number of piperidine rings is 1. The third-order valence-electron chi connectivity index (χ3n) is 10.3. The minimum atomic E-state index is -4.95. The number of hydrogen-bond donors (Lipinski definition) is 1. The molecule has 6 rings (SSSR count). The Morgan fingerprint density at radius 3 is 2.20 bits per heavy atom. The first-order valence-electron chi connectivity index (χ1n) is 18.4. The number of amides is 1. The van der Waals surface area contributed by atoms with E-state index in [-0.39, 0.29) is 61.8 Å². The van der Waals surface area contributed by atoms with Gasteiger partial charge in [-0.25, -0.2) is 13.4 Å². The van der Waals surface area contributed by atoms with Gasteiger partial charge in [-0.05, 0) is 89.5 Å². The molecule has 15 heteroatoms. The summed E-state index contributed by atoms with van der Waals surface area (Å²) in [6.45, 7) is 7.81. The summed E-state index contributed by atoms with van der Waals surface area (Å²) in [5.74, 6) is -1.65. The quantitative estimate of drug-likeness (QED) is 0.152. The number of sulfone groups is 1. The lowest BCUT2D eigenvalue weighted by atomic mass is 9.93. The van der Waals surface area contributed by atoms with Gasteiger partial charge in [0.25, 0.3) is 5.91 Å². The molecule has 296 valence electrons. The largest absolute Gasteiger partial charge is 0.490 e. The van der Waals surface area contributed by atoms with Gasteiger partial charge in [0.2, 0.25) is 0 Å². The number of fused-ring (bicyclic) bond motifs is 1. The van der Waals surface area contributed by atoms with Crippen molar-refractivity contribution in [3.63, 3.8) is 0 Å². The number of aromatic nitrogens is 1. The van der Waals surface area contributed by atoms with E-state index in [9.17, 15) is 39.6 Å². The smallest absolute Gasteiger partial charge is 0.416 e. The lowest BCUT2D eigenvalue weighted by Crippen LogP contribution is -2.44. The van der Waals surface area contributed by atoms with Gasteiger partial charge in [0.05, 0.1) is 34.2 Å². The molecular weight excluding hydrogens is 747 g/mol.